The number of ketones is 1. The number of amides is 2. The number of anilines is 1. The predicted octanol–water partition coefficient (Wildman–Crippen LogP) is 2.64. The van der Waals surface area contributed by atoms with Crippen molar-refractivity contribution in [3.8, 4) is 0 Å². The Morgan fingerprint density at radius 3 is 2.34 bits per heavy atom. The highest BCUT2D eigenvalue weighted by molar-refractivity contribution is 6.30. The second-order valence-corrected chi connectivity index (χ2v) is 7.37. The van der Waals surface area contributed by atoms with Crippen LogP contribution in [-0.2, 0) is 6.54 Å². The third-order valence-electron chi connectivity index (χ3n) is 5.11. The molecule has 0 radical (unpaired) electrons. The Bertz CT molecular complexity index is 833. The first kappa shape index (κ1) is 21.2. The molecular weight excluding hydrogens is 390 g/mol. The van der Waals surface area contributed by atoms with Crippen LogP contribution in [0.2, 0.25) is 5.02 Å². The number of hydrogen-bond acceptors (Lipinski definition) is 5. The van der Waals surface area contributed by atoms with Crippen molar-refractivity contribution in [2.45, 2.75) is 13.5 Å². The predicted molar refractivity (Wildman–Crippen MR) is 114 cm³/mol. The largest absolute Gasteiger partial charge is 0.324 e. The molecule has 2 amide bonds. The minimum atomic E-state index is -0.163. The number of urea groups is 1. The number of nitrogens with two attached hydrogens (primary N) is 1. The van der Waals surface area contributed by atoms with E-state index in [9.17, 15) is 9.59 Å². The van der Waals surface area contributed by atoms with E-state index in [1.165, 1.54) is 6.20 Å². The van der Waals surface area contributed by atoms with Gasteiger partial charge in [0, 0.05) is 48.6 Å². The maximum absolute atomic E-state index is 13.3. The first-order valence-electron chi connectivity index (χ1n) is 9.74. The average Bonchev–Trinajstić information content (AvgIpc) is 2.77. The Morgan fingerprint density at radius 1 is 1.10 bits per heavy atom. The van der Waals surface area contributed by atoms with Gasteiger partial charge in [-0.2, -0.15) is 0 Å². The van der Waals surface area contributed by atoms with Gasteiger partial charge in [-0.3, -0.25) is 14.7 Å². The van der Waals surface area contributed by atoms with Crippen molar-refractivity contribution < 1.29 is 9.59 Å². The van der Waals surface area contributed by atoms with Crippen molar-refractivity contribution in [2.75, 3.05) is 44.2 Å². The van der Waals surface area contributed by atoms with E-state index >= 15 is 0 Å². The lowest BCUT2D eigenvalue weighted by Crippen LogP contribution is -2.52. The number of nitrogens with zero attached hydrogens (tertiary/aromatic N) is 4. The van der Waals surface area contributed by atoms with Crippen LogP contribution in [0.1, 0.15) is 23.0 Å². The molecule has 154 valence electrons. The zero-order valence-corrected chi connectivity index (χ0v) is 17.3. The van der Waals surface area contributed by atoms with Gasteiger partial charge in [-0.05, 0) is 42.9 Å². The van der Waals surface area contributed by atoms with Gasteiger partial charge in [0.25, 0.3) is 0 Å². The quantitative estimate of drug-likeness (QED) is 0.733. The summed E-state index contributed by atoms with van der Waals surface area (Å²) in [7, 11) is 0. The maximum Gasteiger partial charge on any atom is 0.324 e. The number of likely N-dealkylation sites (N-methyl/N-ethyl adjacent to an activating group) is 1. The molecule has 1 fully saturated rings. The molecule has 2 heterocycles. The van der Waals surface area contributed by atoms with Crippen LogP contribution in [0.15, 0.2) is 42.6 Å². The van der Waals surface area contributed by atoms with Crippen LogP contribution >= 0.6 is 11.6 Å². The molecule has 7 nitrogen and oxygen atoms in total. The Balaban J connectivity index is 1.80. The van der Waals surface area contributed by atoms with Crippen molar-refractivity contribution in [1.82, 2.24) is 14.8 Å². The van der Waals surface area contributed by atoms with E-state index in [0.29, 0.717) is 35.9 Å². The Hall–Kier alpha value is -2.48. The van der Waals surface area contributed by atoms with Gasteiger partial charge in [0.15, 0.2) is 5.78 Å². The highest BCUT2D eigenvalue weighted by atomic mass is 35.5. The molecule has 0 bridgehead atoms. The summed E-state index contributed by atoms with van der Waals surface area (Å²) in [5.74, 6) is -0.163. The van der Waals surface area contributed by atoms with Crippen molar-refractivity contribution >= 4 is 29.1 Å². The monoisotopic (exact) mass is 415 g/mol. The number of Topliss-reactive ketones (excluding diaryl/α,β-unsaturated/α-hetero) is 1. The van der Waals surface area contributed by atoms with E-state index in [-0.39, 0.29) is 18.4 Å². The number of halogens is 1. The molecular formula is C21H26ClN5O2. The molecule has 2 N–H and O–H groups in total. The molecule has 1 aromatic carbocycles. The van der Waals surface area contributed by atoms with E-state index < -0.39 is 0 Å². The van der Waals surface area contributed by atoms with Crippen LogP contribution in [0, 0.1) is 0 Å². The fourth-order valence-electron chi connectivity index (χ4n) is 3.28. The standard InChI is InChI=1S/C21H26ClN5O2/c1-2-25-9-11-26(12-10-25)21(29)27(19-7-4-17(22)5-8-19)15-18-6-3-16(14-24-18)20(28)13-23/h3-8,14H,2,9-13,15,23H2,1H3. The van der Waals surface area contributed by atoms with Gasteiger partial charge in [0.05, 0.1) is 18.8 Å². The summed E-state index contributed by atoms with van der Waals surface area (Å²) in [4.78, 5) is 35.3. The minimum Gasteiger partial charge on any atom is -0.324 e. The highest BCUT2D eigenvalue weighted by Crippen LogP contribution is 2.22. The number of benzene rings is 1. The zero-order chi connectivity index (χ0) is 20.8. The number of rotatable bonds is 6. The summed E-state index contributed by atoms with van der Waals surface area (Å²) in [6.07, 6.45) is 1.51. The Labute approximate surface area is 176 Å². The van der Waals surface area contributed by atoms with E-state index in [4.69, 9.17) is 17.3 Å². The maximum atomic E-state index is 13.3. The minimum absolute atomic E-state index is 0.0554. The fourth-order valence-corrected chi connectivity index (χ4v) is 3.41. The first-order chi connectivity index (χ1) is 14.0. The molecule has 0 aliphatic carbocycles. The summed E-state index contributed by atoms with van der Waals surface area (Å²) >= 11 is 6.02. The number of piperazine rings is 1. The number of aromatic nitrogens is 1. The van der Waals surface area contributed by atoms with Gasteiger partial charge in [-0.1, -0.05) is 18.5 Å². The third kappa shape index (κ3) is 5.32. The van der Waals surface area contributed by atoms with Gasteiger partial charge in [0.1, 0.15) is 0 Å². The molecule has 0 saturated carbocycles. The van der Waals surface area contributed by atoms with Crippen LogP contribution in [0.25, 0.3) is 0 Å². The number of carbonyl (C=O) groups excluding carboxylic acids is 2. The van der Waals surface area contributed by atoms with Gasteiger partial charge in [0.2, 0.25) is 0 Å². The van der Waals surface area contributed by atoms with Crippen molar-refractivity contribution in [1.29, 1.82) is 0 Å². The van der Waals surface area contributed by atoms with Gasteiger partial charge < -0.3 is 15.5 Å². The van der Waals surface area contributed by atoms with E-state index in [1.54, 1.807) is 29.2 Å². The molecule has 0 unspecified atom stereocenters. The zero-order valence-electron chi connectivity index (χ0n) is 16.6. The van der Waals surface area contributed by atoms with Gasteiger partial charge in [-0.25, -0.2) is 4.79 Å². The molecule has 8 heteroatoms. The Kier molecular flexibility index (Phi) is 7.19. The van der Waals surface area contributed by atoms with Crippen LogP contribution in [-0.4, -0.2) is 65.9 Å². The molecule has 0 atom stereocenters. The van der Waals surface area contributed by atoms with Crippen molar-refractivity contribution in [3.05, 3.63) is 58.9 Å². The van der Waals surface area contributed by atoms with Crippen LogP contribution in [0.3, 0.4) is 0 Å². The van der Waals surface area contributed by atoms with Crippen molar-refractivity contribution in [3.63, 3.8) is 0 Å². The van der Waals surface area contributed by atoms with Gasteiger partial charge >= 0.3 is 6.03 Å². The second-order valence-electron chi connectivity index (χ2n) is 6.93. The third-order valence-corrected chi connectivity index (χ3v) is 5.36. The van der Waals surface area contributed by atoms with Gasteiger partial charge in [-0.15, -0.1) is 0 Å². The lowest BCUT2D eigenvalue weighted by molar-refractivity contribution is 0.100. The van der Waals surface area contributed by atoms with E-state index in [0.717, 1.165) is 25.3 Å². The van der Waals surface area contributed by atoms with Crippen LogP contribution in [0.5, 0.6) is 0 Å². The summed E-state index contributed by atoms with van der Waals surface area (Å²) in [6, 6.07) is 10.6. The Morgan fingerprint density at radius 2 is 1.79 bits per heavy atom. The lowest BCUT2D eigenvalue weighted by atomic mass is 10.1. The molecule has 2 aromatic rings. The van der Waals surface area contributed by atoms with E-state index in [1.807, 2.05) is 17.0 Å². The van der Waals surface area contributed by atoms with Crippen molar-refractivity contribution in [2.24, 2.45) is 5.73 Å². The summed E-state index contributed by atoms with van der Waals surface area (Å²) in [6.45, 7) is 6.46. The molecule has 1 aliphatic heterocycles. The summed E-state index contributed by atoms with van der Waals surface area (Å²) < 4.78 is 0. The molecule has 0 spiro atoms. The normalized spacial score (nSPS) is 14.7. The molecule has 1 saturated heterocycles. The molecule has 1 aliphatic rings. The lowest BCUT2D eigenvalue weighted by Gasteiger charge is -2.37. The number of hydrogen-bond donors (Lipinski definition) is 1. The smallest absolute Gasteiger partial charge is 0.324 e. The fraction of sp³-hybridized carbons (Fsp3) is 0.381. The highest BCUT2D eigenvalue weighted by Gasteiger charge is 2.26. The number of carbonyl (C=O) groups is 2. The summed E-state index contributed by atoms with van der Waals surface area (Å²) in [5, 5.41) is 0.612. The topological polar surface area (TPSA) is 82.8 Å². The second kappa shape index (κ2) is 9.82. The molecule has 3 rings (SSSR count). The van der Waals surface area contributed by atoms with Crippen LogP contribution in [0.4, 0.5) is 10.5 Å². The first-order valence-corrected chi connectivity index (χ1v) is 10.1. The molecule has 1 aromatic heterocycles. The average molecular weight is 416 g/mol. The molecule has 29 heavy (non-hydrogen) atoms. The van der Waals surface area contributed by atoms with E-state index in [2.05, 4.69) is 16.8 Å². The van der Waals surface area contributed by atoms with Crippen LogP contribution < -0.4 is 10.6 Å². The summed E-state index contributed by atoms with van der Waals surface area (Å²) in [5.41, 5.74) is 7.31. The number of pyridine rings is 1. The SMILES string of the molecule is CCN1CCN(C(=O)N(Cc2ccc(C(=O)CN)cn2)c2ccc(Cl)cc2)CC1.